The molecule has 1 heterocycles. The van der Waals surface area contributed by atoms with Crippen molar-refractivity contribution >= 4 is 0 Å². The SMILES string of the molecule is CCCCC/C=C\C/C=C\CCCCCCCCC1(CCCCCCCC/C=C\C/C=C\CCCCC)CCC2(CC1)O[C@H]1C[C@@H](CCCO)[C@@H](CCCO)C[C@@H]1O2. The second kappa shape index (κ2) is 33.4. The normalized spacial score (nSPS) is 23.1. The number of hydrogen-bond donors (Lipinski definition) is 2. The third-order valence-corrected chi connectivity index (χ3v) is 14.2. The fourth-order valence-electron chi connectivity index (χ4n) is 10.5. The molecule has 3 rings (SSSR count). The zero-order chi connectivity index (χ0) is 41.3. The van der Waals surface area contributed by atoms with E-state index in [9.17, 15) is 10.2 Å². The van der Waals surface area contributed by atoms with Crippen LogP contribution in [-0.4, -0.2) is 41.4 Å². The Balaban J connectivity index is 1.38. The summed E-state index contributed by atoms with van der Waals surface area (Å²) in [5.74, 6) is 0.785. The summed E-state index contributed by atoms with van der Waals surface area (Å²) >= 11 is 0. The molecule has 2 aliphatic carbocycles. The van der Waals surface area contributed by atoms with Gasteiger partial charge < -0.3 is 19.7 Å². The van der Waals surface area contributed by atoms with Gasteiger partial charge in [-0.25, -0.2) is 0 Å². The number of hydrogen-bond acceptors (Lipinski definition) is 4. The van der Waals surface area contributed by atoms with Crippen LogP contribution in [0.3, 0.4) is 0 Å². The molecule has 0 bridgehead atoms. The van der Waals surface area contributed by atoms with E-state index in [1.165, 1.54) is 167 Å². The Kier molecular flexibility index (Phi) is 29.5. The molecule has 4 atom stereocenters. The van der Waals surface area contributed by atoms with Crippen LogP contribution in [0, 0.1) is 17.3 Å². The molecule has 0 aromatic heterocycles. The first-order valence-electron chi connectivity index (χ1n) is 25.8. The monoisotopic (exact) mass is 809 g/mol. The second-order valence-electron chi connectivity index (χ2n) is 19.1. The average Bonchev–Trinajstić information content (AvgIpc) is 3.59. The van der Waals surface area contributed by atoms with Crippen molar-refractivity contribution in [2.45, 2.75) is 263 Å². The molecule has 4 nitrogen and oxygen atoms in total. The number of aliphatic hydroxyl groups excluding tert-OH is 2. The highest BCUT2D eigenvalue weighted by Gasteiger charge is 2.54. The lowest BCUT2D eigenvalue weighted by Gasteiger charge is -2.44. The van der Waals surface area contributed by atoms with E-state index in [4.69, 9.17) is 9.47 Å². The largest absolute Gasteiger partial charge is 0.396 e. The highest BCUT2D eigenvalue weighted by Crippen LogP contribution is 2.54. The van der Waals surface area contributed by atoms with Crippen molar-refractivity contribution in [3.8, 4) is 0 Å². The third-order valence-electron chi connectivity index (χ3n) is 14.2. The predicted octanol–water partition coefficient (Wildman–Crippen LogP) is 16.0. The number of fused-ring (bicyclic) bond motifs is 1. The van der Waals surface area contributed by atoms with Crippen LogP contribution >= 0.6 is 0 Å². The molecule has 2 saturated carbocycles. The Hall–Kier alpha value is -1.20. The molecule has 0 aromatic carbocycles. The van der Waals surface area contributed by atoms with E-state index in [0.717, 1.165) is 64.2 Å². The minimum atomic E-state index is -0.370. The van der Waals surface area contributed by atoms with Gasteiger partial charge in [0.1, 0.15) is 0 Å². The summed E-state index contributed by atoms with van der Waals surface area (Å²) in [4.78, 5) is 0. The van der Waals surface area contributed by atoms with Gasteiger partial charge >= 0.3 is 0 Å². The van der Waals surface area contributed by atoms with Gasteiger partial charge in [-0.05, 0) is 146 Å². The van der Waals surface area contributed by atoms with Crippen molar-refractivity contribution < 1.29 is 19.7 Å². The van der Waals surface area contributed by atoms with E-state index in [-0.39, 0.29) is 31.2 Å². The standard InChI is InChI=1S/C54H96O4/c1-3-5-7-9-11-13-15-17-19-21-23-25-27-29-31-33-39-53(40-34-32-30-28-26-24-22-20-18-16-14-12-10-8-6-4-2)41-43-54(44-42-53)57-51-47-49(37-35-45-55)50(38-36-46-56)48-52(51)58-54/h11-14,17-20,49-52,55-56H,3-10,15-16,21-48H2,1-2H3/b13-11-,14-12-,19-17-,20-18-/t49-,50+,51-,52-/m0/s1. The minimum Gasteiger partial charge on any atom is -0.396 e. The Labute approximate surface area is 360 Å². The van der Waals surface area contributed by atoms with E-state index in [0.29, 0.717) is 17.3 Å². The number of rotatable bonds is 36. The molecule has 58 heavy (non-hydrogen) atoms. The van der Waals surface area contributed by atoms with Crippen molar-refractivity contribution in [2.75, 3.05) is 13.2 Å². The highest BCUT2D eigenvalue weighted by atomic mass is 16.8. The van der Waals surface area contributed by atoms with Gasteiger partial charge in [0.2, 0.25) is 0 Å². The van der Waals surface area contributed by atoms with Crippen LogP contribution in [0.1, 0.15) is 245 Å². The molecule has 3 fully saturated rings. The molecule has 3 aliphatic rings. The maximum Gasteiger partial charge on any atom is 0.169 e. The van der Waals surface area contributed by atoms with Gasteiger partial charge in [-0.2, -0.15) is 0 Å². The van der Waals surface area contributed by atoms with Crippen molar-refractivity contribution in [1.29, 1.82) is 0 Å². The Morgan fingerprint density at radius 1 is 0.431 bits per heavy atom. The first kappa shape index (κ1) is 51.2. The van der Waals surface area contributed by atoms with E-state index >= 15 is 0 Å². The fourth-order valence-corrected chi connectivity index (χ4v) is 10.5. The van der Waals surface area contributed by atoms with Gasteiger partial charge in [-0.3, -0.25) is 0 Å². The molecule has 2 N–H and O–H groups in total. The van der Waals surface area contributed by atoms with Crippen LogP contribution in [0.5, 0.6) is 0 Å². The van der Waals surface area contributed by atoms with Crippen LogP contribution in [0.4, 0.5) is 0 Å². The molecule has 0 unspecified atom stereocenters. The van der Waals surface area contributed by atoms with Crippen molar-refractivity contribution in [2.24, 2.45) is 17.3 Å². The minimum absolute atomic E-state index is 0.210. The lowest BCUT2D eigenvalue weighted by Crippen LogP contribution is -2.40. The van der Waals surface area contributed by atoms with Crippen LogP contribution < -0.4 is 0 Å². The van der Waals surface area contributed by atoms with Crippen molar-refractivity contribution in [1.82, 2.24) is 0 Å². The van der Waals surface area contributed by atoms with Gasteiger partial charge in [-0.1, -0.05) is 152 Å². The van der Waals surface area contributed by atoms with Crippen LogP contribution in [0.2, 0.25) is 0 Å². The van der Waals surface area contributed by atoms with Crippen LogP contribution in [0.25, 0.3) is 0 Å². The average molecular weight is 809 g/mol. The highest BCUT2D eigenvalue weighted by molar-refractivity contribution is 4.99. The molecular weight excluding hydrogens is 713 g/mol. The Morgan fingerprint density at radius 2 is 0.793 bits per heavy atom. The first-order valence-corrected chi connectivity index (χ1v) is 25.8. The van der Waals surface area contributed by atoms with Crippen LogP contribution in [0.15, 0.2) is 48.6 Å². The number of aliphatic hydroxyl groups is 2. The molecule has 0 radical (unpaired) electrons. The molecule has 1 saturated heterocycles. The zero-order valence-corrected chi connectivity index (χ0v) is 38.5. The fraction of sp³-hybridized carbons (Fsp3) is 0.852. The number of allylic oxidation sites excluding steroid dienone is 8. The third kappa shape index (κ3) is 22.1. The van der Waals surface area contributed by atoms with Crippen molar-refractivity contribution in [3.05, 3.63) is 48.6 Å². The summed E-state index contributed by atoms with van der Waals surface area (Å²) in [6.45, 7) is 5.08. The molecule has 336 valence electrons. The lowest BCUT2D eigenvalue weighted by atomic mass is 9.66. The molecule has 1 aliphatic heterocycles. The molecule has 0 aromatic rings. The predicted molar refractivity (Wildman–Crippen MR) is 250 cm³/mol. The summed E-state index contributed by atoms with van der Waals surface area (Å²) in [6, 6.07) is 0. The first-order chi connectivity index (χ1) is 28.6. The quantitative estimate of drug-likeness (QED) is 0.0489. The van der Waals surface area contributed by atoms with E-state index in [2.05, 4.69) is 62.5 Å². The van der Waals surface area contributed by atoms with Gasteiger partial charge in [0.15, 0.2) is 5.79 Å². The van der Waals surface area contributed by atoms with Gasteiger partial charge in [0.05, 0.1) is 12.2 Å². The smallest absolute Gasteiger partial charge is 0.169 e. The Morgan fingerprint density at radius 3 is 1.17 bits per heavy atom. The molecule has 0 amide bonds. The second-order valence-corrected chi connectivity index (χ2v) is 19.1. The lowest BCUT2D eigenvalue weighted by molar-refractivity contribution is -0.208. The summed E-state index contributed by atoms with van der Waals surface area (Å²) in [7, 11) is 0. The van der Waals surface area contributed by atoms with Gasteiger partial charge in [-0.15, -0.1) is 0 Å². The Bertz CT molecular complexity index is 991. The van der Waals surface area contributed by atoms with Gasteiger partial charge in [0, 0.05) is 26.1 Å². The van der Waals surface area contributed by atoms with Crippen molar-refractivity contribution in [3.63, 3.8) is 0 Å². The van der Waals surface area contributed by atoms with E-state index in [1.807, 2.05) is 0 Å². The summed E-state index contributed by atoms with van der Waals surface area (Å²) in [5, 5.41) is 19.1. The summed E-state index contributed by atoms with van der Waals surface area (Å²) < 4.78 is 13.9. The van der Waals surface area contributed by atoms with E-state index in [1.54, 1.807) is 0 Å². The molecular formula is C54H96O4. The maximum absolute atomic E-state index is 9.57. The summed E-state index contributed by atoms with van der Waals surface area (Å²) in [6.07, 6.45) is 64.4. The molecule has 4 heteroatoms. The van der Waals surface area contributed by atoms with Gasteiger partial charge in [0.25, 0.3) is 0 Å². The maximum atomic E-state index is 9.57. The zero-order valence-electron chi connectivity index (χ0n) is 38.5. The van der Waals surface area contributed by atoms with E-state index < -0.39 is 0 Å². The molecule has 1 spiro atoms. The number of ether oxygens (including phenoxy) is 2. The number of unbranched alkanes of at least 4 members (excludes halogenated alkanes) is 18. The topological polar surface area (TPSA) is 58.9 Å². The summed E-state index contributed by atoms with van der Waals surface area (Å²) in [5.41, 5.74) is 0.462. The van der Waals surface area contributed by atoms with Crippen LogP contribution in [-0.2, 0) is 9.47 Å².